The van der Waals surface area contributed by atoms with Crippen LogP contribution in [0, 0.1) is 5.92 Å². The minimum Gasteiger partial charge on any atom is -0.335 e. The van der Waals surface area contributed by atoms with Crippen molar-refractivity contribution in [1.29, 1.82) is 0 Å². The van der Waals surface area contributed by atoms with E-state index in [1.54, 1.807) is 11.3 Å². The van der Waals surface area contributed by atoms with Crippen molar-refractivity contribution < 1.29 is 4.74 Å². The summed E-state index contributed by atoms with van der Waals surface area (Å²) >= 11 is 7.90. The fourth-order valence-electron chi connectivity index (χ4n) is 4.36. The van der Waals surface area contributed by atoms with Gasteiger partial charge in [-0.3, -0.25) is 5.73 Å². The van der Waals surface area contributed by atoms with E-state index in [0.717, 1.165) is 28.4 Å². The molecule has 5 heterocycles. The molecule has 4 aliphatic rings. The summed E-state index contributed by atoms with van der Waals surface area (Å²) in [7, 11) is 0. The molecule has 1 spiro atoms. The first-order valence-corrected chi connectivity index (χ1v) is 9.32. The highest BCUT2D eigenvalue weighted by atomic mass is 35.5. The molecule has 6 rings (SSSR count). The number of halogens is 1. The van der Waals surface area contributed by atoms with Gasteiger partial charge in [0.05, 0.1) is 16.3 Å². The number of hydrogen-bond donors (Lipinski definition) is 1. The quantitative estimate of drug-likeness (QED) is 0.856. The van der Waals surface area contributed by atoms with Gasteiger partial charge in [0.2, 0.25) is 0 Å². The van der Waals surface area contributed by atoms with E-state index >= 15 is 0 Å². The number of para-hydroxylation sites is 1. The monoisotopic (exact) mass is 350 g/mol. The smallest absolute Gasteiger partial charge is 0.189 e. The molecule has 0 radical (unpaired) electrons. The van der Waals surface area contributed by atoms with E-state index in [0.29, 0.717) is 10.9 Å². The summed E-state index contributed by atoms with van der Waals surface area (Å²) in [5, 5.41) is 1.60. The molecule has 4 aliphatic heterocycles. The Kier molecular flexibility index (Phi) is 3.16. The van der Waals surface area contributed by atoms with Crippen molar-refractivity contribution in [2.24, 2.45) is 11.7 Å². The first-order valence-electron chi connectivity index (χ1n) is 8.12. The number of nitrogens with zero attached hydrogens (tertiary/aromatic N) is 3. The third-order valence-electron chi connectivity index (χ3n) is 5.53. The van der Waals surface area contributed by atoms with E-state index in [4.69, 9.17) is 27.1 Å². The minimum absolute atomic E-state index is 0.127. The molecule has 2 atom stereocenters. The third kappa shape index (κ3) is 2.13. The average molecular weight is 351 g/mol. The van der Waals surface area contributed by atoms with Crippen LogP contribution in [0.4, 0.5) is 5.13 Å². The zero-order valence-electron chi connectivity index (χ0n) is 12.7. The predicted octanol–water partition coefficient (Wildman–Crippen LogP) is 2.49. The SMILES string of the molecule is NC1OC2(CN3CCC2CC3)CN1c1nc2c(Cl)cccc2s1. The second kappa shape index (κ2) is 5.04. The van der Waals surface area contributed by atoms with Crippen molar-refractivity contribution in [2.75, 3.05) is 31.1 Å². The Hall–Kier alpha value is -0.920. The largest absolute Gasteiger partial charge is 0.335 e. The Balaban J connectivity index is 1.50. The van der Waals surface area contributed by atoms with E-state index in [1.807, 2.05) is 12.1 Å². The second-order valence-electron chi connectivity index (χ2n) is 6.83. The molecule has 7 heteroatoms. The van der Waals surface area contributed by atoms with Crippen LogP contribution in [0.5, 0.6) is 0 Å². The third-order valence-corrected chi connectivity index (χ3v) is 6.89. The summed E-state index contributed by atoms with van der Waals surface area (Å²) in [5.41, 5.74) is 7.06. The summed E-state index contributed by atoms with van der Waals surface area (Å²) in [6.07, 6.45) is 2.01. The van der Waals surface area contributed by atoms with Crippen molar-refractivity contribution in [3.63, 3.8) is 0 Å². The Morgan fingerprint density at radius 3 is 2.83 bits per heavy atom. The second-order valence-corrected chi connectivity index (χ2v) is 8.25. The van der Waals surface area contributed by atoms with Gasteiger partial charge < -0.3 is 14.5 Å². The first-order chi connectivity index (χ1) is 11.1. The number of aromatic nitrogens is 1. The zero-order valence-corrected chi connectivity index (χ0v) is 14.3. The van der Waals surface area contributed by atoms with Crippen molar-refractivity contribution in [2.45, 2.75) is 24.8 Å². The number of hydrogen-bond acceptors (Lipinski definition) is 6. The summed E-state index contributed by atoms with van der Waals surface area (Å²) in [6, 6.07) is 5.89. The van der Waals surface area contributed by atoms with E-state index in [1.165, 1.54) is 25.9 Å². The molecule has 0 amide bonds. The highest BCUT2D eigenvalue weighted by Gasteiger charge is 2.54. The topological polar surface area (TPSA) is 54.6 Å². The molecule has 23 heavy (non-hydrogen) atoms. The Morgan fingerprint density at radius 1 is 1.30 bits per heavy atom. The van der Waals surface area contributed by atoms with E-state index in [-0.39, 0.29) is 5.60 Å². The summed E-state index contributed by atoms with van der Waals surface area (Å²) in [6.45, 7) is 4.21. The Morgan fingerprint density at radius 2 is 2.13 bits per heavy atom. The lowest BCUT2D eigenvalue weighted by Crippen LogP contribution is -2.61. The lowest BCUT2D eigenvalue weighted by molar-refractivity contribution is -0.137. The molecule has 4 saturated heterocycles. The van der Waals surface area contributed by atoms with Gasteiger partial charge in [-0.05, 0) is 44.0 Å². The van der Waals surface area contributed by atoms with Crippen molar-refractivity contribution in [1.82, 2.24) is 9.88 Å². The molecule has 2 aromatic rings. The van der Waals surface area contributed by atoms with Crippen LogP contribution in [0.1, 0.15) is 12.8 Å². The summed E-state index contributed by atoms with van der Waals surface area (Å²) < 4.78 is 7.40. The van der Waals surface area contributed by atoms with Crippen LogP contribution in [-0.4, -0.2) is 48.0 Å². The maximum absolute atomic E-state index is 6.33. The molecule has 122 valence electrons. The van der Waals surface area contributed by atoms with E-state index < -0.39 is 6.35 Å². The van der Waals surface area contributed by atoms with Gasteiger partial charge in [-0.1, -0.05) is 29.0 Å². The van der Waals surface area contributed by atoms with Crippen molar-refractivity contribution >= 4 is 38.3 Å². The van der Waals surface area contributed by atoms with Gasteiger partial charge in [0.25, 0.3) is 0 Å². The van der Waals surface area contributed by atoms with Crippen LogP contribution in [0.25, 0.3) is 10.2 Å². The van der Waals surface area contributed by atoms with Crippen LogP contribution in [0.15, 0.2) is 18.2 Å². The first kappa shape index (κ1) is 14.4. The fourth-order valence-corrected chi connectivity index (χ4v) is 5.65. The van der Waals surface area contributed by atoms with E-state index in [9.17, 15) is 0 Å². The standard InChI is InChI=1S/C16H19ClN4OS/c17-11-2-1-3-12-13(11)19-15(23-12)21-9-16(22-14(21)18)8-20-6-4-10(16)5-7-20/h1-3,10,14H,4-9,18H2. The molecule has 0 aliphatic carbocycles. The van der Waals surface area contributed by atoms with Crippen LogP contribution in [-0.2, 0) is 4.74 Å². The number of thiazole rings is 1. The zero-order chi connectivity index (χ0) is 15.6. The van der Waals surface area contributed by atoms with Crippen LogP contribution < -0.4 is 10.6 Å². The fraction of sp³-hybridized carbons (Fsp3) is 0.562. The number of fused-ring (bicyclic) bond motifs is 3. The van der Waals surface area contributed by atoms with Gasteiger partial charge in [0, 0.05) is 6.54 Å². The molecule has 1 aromatic heterocycles. The molecule has 2 unspecified atom stereocenters. The number of benzene rings is 1. The van der Waals surface area contributed by atoms with E-state index in [2.05, 4.69) is 15.9 Å². The highest BCUT2D eigenvalue weighted by molar-refractivity contribution is 7.22. The number of ether oxygens (including phenoxy) is 1. The number of rotatable bonds is 1. The molecule has 2 bridgehead atoms. The molecule has 0 saturated carbocycles. The van der Waals surface area contributed by atoms with Crippen molar-refractivity contribution in [3.05, 3.63) is 23.2 Å². The maximum Gasteiger partial charge on any atom is 0.189 e. The van der Waals surface area contributed by atoms with Gasteiger partial charge in [0.15, 0.2) is 11.5 Å². The summed E-state index contributed by atoms with van der Waals surface area (Å²) in [4.78, 5) is 9.34. The normalized spacial score (nSPS) is 36.4. The van der Waals surface area contributed by atoms with Gasteiger partial charge >= 0.3 is 0 Å². The molecule has 2 N–H and O–H groups in total. The van der Waals surface area contributed by atoms with Gasteiger partial charge in [-0.2, -0.15) is 0 Å². The number of nitrogens with two attached hydrogens (primary N) is 1. The predicted molar refractivity (Wildman–Crippen MR) is 92.9 cm³/mol. The van der Waals surface area contributed by atoms with Crippen molar-refractivity contribution in [3.8, 4) is 0 Å². The Bertz CT molecular complexity index is 760. The minimum atomic E-state index is -0.421. The number of piperidine rings is 3. The molecule has 5 nitrogen and oxygen atoms in total. The van der Waals surface area contributed by atoms with Crippen LogP contribution in [0.2, 0.25) is 5.02 Å². The molecule has 4 fully saturated rings. The van der Waals surface area contributed by atoms with Gasteiger partial charge in [-0.25, -0.2) is 4.98 Å². The van der Waals surface area contributed by atoms with Gasteiger partial charge in [0.1, 0.15) is 11.1 Å². The summed E-state index contributed by atoms with van der Waals surface area (Å²) in [5.74, 6) is 0.613. The maximum atomic E-state index is 6.33. The Labute approximate surface area is 144 Å². The average Bonchev–Trinajstić information content (AvgIpc) is 3.11. The van der Waals surface area contributed by atoms with Gasteiger partial charge in [-0.15, -0.1) is 0 Å². The number of anilines is 1. The lowest BCUT2D eigenvalue weighted by atomic mass is 9.75. The van der Waals surface area contributed by atoms with Crippen LogP contribution >= 0.6 is 22.9 Å². The highest BCUT2D eigenvalue weighted by Crippen LogP contribution is 2.45. The lowest BCUT2D eigenvalue weighted by Gasteiger charge is -2.50. The molecule has 1 aromatic carbocycles. The molecular weight excluding hydrogens is 332 g/mol. The van der Waals surface area contributed by atoms with Crippen LogP contribution in [0.3, 0.4) is 0 Å². The molecular formula is C16H19ClN4OS.